The SMILES string of the molecule is CCCCCCCCCCCC(S)I. The second-order valence-electron chi connectivity index (χ2n) is 4.05. The van der Waals surface area contributed by atoms with Gasteiger partial charge in [-0.05, 0) is 6.42 Å². The van der Waals surface area contributed by atoms with Crippen molar-refractivity contribution in [2.45, 2.75) is 74.4 Å². The average Bonchev–Trinajstić information content (AvgIpc) is 2.15. The van der Waals surface area contributed by atoms with Crippen LogP contribution in [0.25, 0.3) is 0 Å². The summed E-state index contributed by atoms with van der Waals surface area (Å²) in [5.74, 6) is 0. The monoisotopic (exact) mass is 328 g/mol. The van der Waals surface area contributed by atoms with E-state index in [1.807, 2.05) is 0 Å². The van der Waals surface area contributed by atoms with Crippen molar-refractivity contribution in [2.24, 2.45) is 0 Å². The molecular formula is C12H25IS. The molecule has 86 valence electrons. The predicted octanol–water partition coefficient (Wildman–Crippen LogP) is 5.60. The van der Waals surface area contributed by atoms with E-state index in [2.05, 4.69) is 42.1 Å². The van der Waals surface area contributed by atoms with Crippen LogP contribution in [0.4, 0.5) is 0 Å². The molecule has 1 unspecified atom stereocenters. The van der Waals surface area contributed by atoms with Gasteiger partial charge in [-0.25, -0.2) is 0 Å². The third-order valence-electron chi connectivity index (χ3n) is 2.55. The van der Waals surface area contributed by atoms with E-state index in [1.165, 1.54) is 64.2 Å². The van der Waals surface area contributed by atoms with Crippen molar-refractivity contribution in [3.05, 3.63) is 0 Å². The van der Waals surface area contributed by atoms with Gasteiger partial charge in [-0.3, -0.25) is 0 Å². The molecule has 0 N–H and O–H groups in total. The summed E-state index contributed by atoms with van der Waals surface area (Å²) < 4.78 is 0.567. The van der Waals surface area contributed by atoms with Crippen LogP contribution >= 0.6 is 35.2 Å². The third-order valence-corrected chi connectivity index (χ3v) is 3.43. The number of thiol groups is 1. The number of hydrogen-bond donors (Lipinski definition) is 1. The van der Waals surface area contributed by atoms with Crippen LogP contribution in [0.2, 0.25) is 0 Å². The molecule has 0 saturated carbocycles. The lowest BCUT2D eigenvalue weighted by atomic mass is 10.1. The zero-order valence-electron chi connectivity index (χ0n) is 9.47. The Morgan fingerprint density at radius 2 is 1.29 bits per heavy atom. The van der Waals surface area contributed by atoms with Crippen molar-refractivity contribution in [3.8, 4) is 0 Å². The molecule has 1 atom stereocenters. The molecule has 0 aliphatic carbocycles. The molecule has 0 aromatic carbocycles. The van der Waals surface area contributed by atoms with Gasteiger partial charge < -0.3 is 0 Å². The van der Waals surface area contributed by atoms with Gasteiger partial charge in [-0.2, -0.15) is 12.6 Å². The fourth-order valence-corrected chi connectivity index (χ4v) is 2.25. The highest BCUT2D eigenvalue weighted by atomic mass is 127. The Labute approximate surface area is 109 Å². The average molecular weight is 328 g/mol. The molecule has 2 heteroatoms. The van der Waals surface area contributed by atoms with Crippen LogP contribution in [0.15, 0.2) is 0 Å². The van der Waals surface area contributed by atoms with Crippen LogP contribution in [-0.2, 0) is 0 Å². The summed E-state index contributed by atoms with van der Waals surface area (Å²) >= 11 is 6.76. The zero-order chi connectivity index (χ0) is 10.6. The first kappa shape index (κ1) is 15.1. The molecule has 14 heavy (non-hydrogen) atoms. The lowest BCUT2D eigenvalue weighted by Gasteiger charge is -2.03. The highest BCUT2D eigenvalue weighted by Gasteiger charge is 1.96. The number of alkyl halides is 1. The molecule has 0 aliphatic rings. The molecule has 0 rings (SSSR count). The Morgan fingerprint density at radius 1 is 0.857 bits per heavy atom. The Hall–Kier alpha value is 1.08. The van der Waals surface area contributed by atoms with E-state index < -0.39 is 0 Å². The first-order valence-corrected chi connectivity index (χ1v) is 7.85. The fraction of sp³-hybridized carbons (Fsp3) is 1.00. The van der Waals surface area contributed by atoms with Crippen LogP contribution < -0.4 is 0 Å². The minimum absolute atomic E-state index is 0.567. The highest BCUT2D eigenvalue weighted by molar-refractivity contribution is 14.1. The van der Waals surface area contributed by atoms with Crippen LogP contribution in [-0.4, -0.2) is 3.26 Å². The highest BCUT2D eigenvalue weighted by Crippen LogP contribution is 2.16. The molecule has 0 aromatic rings. The van der Waals surface area contributed by atoms with Crippen molar-refractivity contribution in [3.63, 3.8) is 0 Å². The minimum atomic E-state index is 0.567. The zero-order valence-corrected chi connectivity index (χ0v) is 12.5. The maximum absolute atomic E-state index is 4.37. The van der Waals surface area contributed by atoms with E-state index >= 15 is 0 Å². The summed E-state index contributed by atoms with van der Waals surface area (Å²) in [6, 6.07) is 0. The molecule has 0 nitrogen and oxygen atoms in total. The van der Waals surface area contributed by atoms with Gasteiger partial charge in [-0.1, -0.05) is 87.3 Å². The van der Waals surface area contributed by atoms with Crippen molar-refractivity contribution in [2.75, 3.05) is 0 Å². The van der Waals surface area contributed by atoms with E-state index in [-0.39, 0.29) is 0 Å². The number of unbranched alkanes of at least 4 members (excludes halogenated alkanes) is 8. The Bertz CT molecular complexity index is 104. The normalized spacial score (nSPS) is 13.1. The summed E-state index contributed by atoms with van der Waals surface area (Å²) in [6.07, 6.45) is 14.1. The van der Waals surface area contributed by atoms with Crippen molar-refractivity contribution < 1.29 is 0 Å². The van der Waals surface area contributed by atoms with Gasteiger partial charge in [0.15, 0.2) is 0 Å². The first-order chi connectivity index (χ1) is 6.77. The van der Waals surface area contributed by atoms with E-state index in [0.717, 1.165) is 0 Å². The van der Waals surface area contributed by atoms with Gasteiger partial charge >= 0.3 is 0 Å². The molecule has 0 saturated heterocycles. The van der Waals surface area contributed by atoms with Crippen molar-refractivity contribution >= 4 is 35.2 Å². The maximum atomic E-state index is 4.37. The van der Waals surface area contributed by atoms with E-state index in [1.54, 1.807) is 0 Å². The Morgan fingerprint density at radius 3 is 1.71 bits per heavy atom. The molecule has 0 spiro atoms. The standard InChI is InChI=1S/C12H25IS/c1-2-3-4-5-6-7-8-9-10-11-12(13)14/h12,14H,2-11H2,1H3. The van der Waals surface area contributed by atoms with Crippen LogP contribution in [0.5, 0.6) is 0 Å². The molecule has 0 radical (unpaired) electrons. The quantitative estimate of drug-likeness (QED) is 0.229. The third kappa shape index (κ3) is 13.1. The van der Waals surface area contributed by atoms with Gasteiger partial charge in [0.2, 0.25) is 0 Å². The topological polar surface area (TPSA) is 0 Å². The van der Waals surface area contributed by atoms with Gasteiger partial charge in [0, 0.05) is 0 Å². The molecule has 0 aliphatic heterocycles. The molecule has 0 fully saturated rings. The summed E-state index contributed by atoms with van der Waals surface area (Å²) in [5, 5.41) is 0. The largest absolute Gasteiger partial charge is 0.165 e. The first-order valence-electron chi connectivity index (χ1n) is 6.09. The predicted molar refractivity (Wildman–Crippen MR) is 78.6 cm³/mol. The number of halogens is 1. The van der Waals surface area contributed by atoms with Gasteiger partial charge in [0.25, 0.3) is 0 Å². The Balaban J connectivity index is 2.85. The summed E-state index contributed by atoms with van der Waals surface area (Å²) in [5.41, 5.74) is 0. The molecule has 0 amide bonds. The van der Waals surface area contributed by atoms with Gasteiger partial charge in [0.1, 0.15) is 0 Å². The van der Waals surface area contributed by atoms with Gasteiger partial charge in [-0.15, -0.1) is 0 Å². The van der Waals surface area contributed by atoms with Crippen molar-refractivity contribution in [1.82, 2.24) is 0 Å². The van der Waals surface area contributed by atoms with E-state index in [9.17, 15) is 0 Å². The fourth-order valence-electron chi connectivity index (χ4n) is 1.62. The minimum Gasteiger partial charge on any atom is -0.165 e. The van der Waals surface area contributed by atoms with Crippen LogP contribution in [0.1, 0.15) is 71.1 Å². The Kier molecular flexibility index (Phi) is 13.1. The summed E-state index contributed by atoms with van der Waals surface area (Å²) in [6.45, 7) is 2.28. The van der Waals surface area contributed by atoms with E-state index in [0.29, 0.717) is 3.26 Å². The molecule has 0 heterocycles. The van der Waals surface area contributed by atoms with Crippen LogP contribution in [0, 0.1) is 0 Å². The molecule has 0 bridgehead atoms. The summed E-state index contributed by atoms with van der Waals surface area (Å²) in [4.78, 5) is 0. The molecular weight excluding hydrogens is 303 g/mol. The van der Waals surface area contributed by atoms with E-state index in [4.69, 9.17) is 0 Å². The summed E-state index contributed by atoms with van der Waals surface area (Å²) in [7, 11) is 0. The van der Waals surface area contributed by atoms with Gasteiger partial charge in [0.05, 0.1) is 3.26 Å². The lowest BCUT2D eigenvalue weighted by molar-refractivity contribution is 0.562. The van der Waals surface area contributed by atoms with Crippen molar-refractivity contribution in [1.29, 1.82) is 0 Å². The molecule has 0 aromatic heterocycles. The maximum Gasteiger partial charge on any atom is 0.0534 e. The number of hydrogen-bond acceptors (Lipinski definition) is 1. The second kappa shape index (κ2) is 12.2. The lowest BCUT2D eigenvalue weighted by Crippen LogP contribution is -1.86. The number of rotatable bonds is 10. The van der Waals surface area contributed by atoms with Crippen LogP contribution in [0.3, 0.4) is 0 Å². The second-order valence-corrected chi connectivity index (χ2v) is 7.16. The smallest absolute Gasteiger partial charge is 0.0534 e.